The first-order valence-corrected chi connectivity index (χ1v) is 7.07. The van der Waals surface area contributed by atoms with Crippen LogP contribution < -0.4 is 4.72 Å². The number of hydrogen-bond donors (Lipinski definition) is 1. The molecule has 4 nitrogen and oxygen atoms in total. The molecule has 0 bridgehead atoms. The van der Waals surface area contributed by atoms with Gasteiger partial charge in [-0.3, -0.25) is 0 Å². The van der Waals surface area contributed by atoms with Gasteiger partial charge in [0.15, 0.2) is 0 Å². The van der Waals surface area contributed by atoms with Gasteiger partial charge in [-0.05, 0) is 19.1 Å². The first-order valence-electron chi connectivity index (χ1n) is 4.39. The van der Waals surface area contributed by atoms with E-state index in [1.807, 2.05) is 6.92 Å². The largest absolute Gasteiger partial charge is 0.380 e. The van der Waals surface area contributed by atoms with Crippen molar-refractivity contribution in [3.63, 3.8) is 0 Å². The summed E-state index contributed by atoms with van der Waals surface area (Å²) in [5, 5.41) is 0. The maximum atomic E-state index is 11.6. The summed E-state index contributed by atoms with van der Waals surface area (Å²) < 4.78 is 31.3. The lowest BCUT2D eigenvalue weighted by Crippen LogP contribution is -2.26. The van der Waals surface area contributed by atoms with E-state index in [2.05, 4.69) is 4.72 Å². The fourth-order valence-electron chi connectivity index (χ4n) is 0.906. The Morgan fingerprint density at radius 2 is 2.27 bits per heavy atom. The predicted octanol–water partition coefficient (Wildman–Crippen LogP) is 1.72. The Labute approximate surface area is 98.3 Å². The van der Waals surface area contributed by atoms with Crippen LogP contribution in [0.5, 0.6) is 0 Å². The molecule has 1 aromatic rings. The van der Waals surface area contributed by atoms with Gasteiger partial charge in [0.1, 0.15) is 4.21 Å². The molecule has 0 saturated heterocycles. The standard InChI is InChI=1S/C8H12ClNO3S2/c1-2-13-6-5-10-15(11,12)8-4-3-7(9)14-8/h3-4,10H,2,5-6H2,1H3. The summed E-state index contributed by atoms with van der Waals surface area (Å²) in [6.45, 7) is 3.07. The molecule has 1 aromatic heterocycles. The quantitative estimate of drug-likeness (QED) is 0.800. The summed E-state index contributed by atoms with van der Waals surface area (Å²) in [7, 11) is -3.42. The molecule has 0 unspecified atom stereocenters. The Morgan fingerprint density at radius 3 is 2.80 bits per heavy atom. The Morgan fingerprint density at radius 1 is 1.53 bits per heavy atom. The fourth-order valence-corrected chi connectivity index (χ4v) is 3.45. The lowest BCUT2D eigenvalue weighted by molar-refractivity contribution is 0.153. The van der Waals surface area contributed by atoms with E-state index in [1.54, 1.807) is 6.07 Å². The molecule has 0 radical (unpaired) electrons. The van der Waals surface area contributed by atoms with Crippen molar-refractivity contribution in [1.82, 2.24) is 4.72 Å². The van der Waals surface area contributed by atoms with Crippen molar-refractivity contribution in [2.45, 2.75) is 11.1 Å². The Kier molecular flexibility index (Phi) is 5.01. The van der Waals surface area contributed by atoms with E-state index in [9.17, 15) is 8.42 Å². The van der Waals surface area contributed by atoms with Crippen LogP contribution in [0.25, 0.3) is 0 Å². The van der Waals surface area contributed by atoms with Gasteiger partial charge in [-0.15, -0.1) is 11.3 Å². The molecule has 0 saturated carbocycles. The van der Waals surface area contributed by atoms with Gasteiger partial charge in [0.2, 0.25) is 10.0 Å². The van der Waals surface area contributed by atoms with Crippen LogP contribution in [0, 0.1) is 0 Å². The second kappa shape index (κ2) is 5.81. The lowest BCUT2D eigenvalue weighted by atomic mass is 10.7. The van der Waals surface area contributed by atoms with Crippen LogP contribution in [0.1, 0.15) is 6.92 Å². The third kappa shape index (κ3) is 4.08. The highest BCUT2D eigenvalue weighted by molar-refractivity contribution is 7.91. The van der Waals surface area contributed by atoms with Crippen molar-refractivity contribution in [1.29, 1.82) is 0 Å². The second-order valence-electron chi connectivity index (χ2n) is 2.65. The molecule has 0 aliphatic heterocycles. The third-order valence-corrected chi connectivity index (χ3v) is 4.74. The molecule has 1 N–H and O–H groups in total. The summed E-state index contributed by atoms with van der Waals surface area (Å²) in [5.41, 5.74) is 0. The average molecular weight is 270 g/mol. The Hall–Kier alpha value is -0.140. The van der Waals surface area contributed by atoms with Crippen LogP contribution in [0.2, 0.25) is 4.34 Å². The maximum Gasteiger partial charge on any atom is 0.250 e. The van der Waals surface area contributed by atoms with E-state index < -0.39 is 10.0 Å². The zero-order valence-electron chi connectivity index (χ0n) is 8.20. The molecule has 7 heteroatoms. The highest BCUT2D eigenvalue weighted by atomic mass is 35.5. The number of rotatable bonds is 6. The van der Waals surface area contributed by atoms with Gasteiger partial charge < -0.3 is 4.74 Å². The third-order valence-electron chi connectivity index (χ3n) is 1.56. The van der Waals surface area contributed by atoms with Crippen LogP contribution in [-0.2, 0) is 14.8 Å². The molecule has 0 aromatic carbocycles. The molecular formula is C8H12ClNO3S2. The summed E-state index contributed by atoms with van der Waals surface area (Å²) in [4.78, 5) is 0. The van der Waals surface area contributed by atoms with Gasteiger partial charge in [-0.25, -0.2) is 13.1 Å². The SMILES string of the molecule is CCOCCNS(=O)(=O)c1ccc(Cl)s1. The number of ether oxygens (including phenoxy) is 1. The average Bonchev–Trinajstić information content (AvgIpc) is 2.60. The summed E-state index contributed by atoms with van der Waals surface area (Å²) in [6, 6.07) is 3.04. The molecule has 0 spiro atoms. The van der Waals surface area contributed by atoms with E-state index in [4.69, 9.17) is 16.3 Å². The summed E-state index contributed by atoms with van der Waals surface area (Å²) in [6.07, 6.45) is 0. The summed E-state index contributed by atoms with van der Waals surface area (Å²) >= 11 is 6.68. The Bertz CT molecular complexity index is 402. The smallest absolute Gasteiger partial charge is 0.250 e. The monoisotopic (exact) mass is 269 g/mol. The Balaban J connectivity index is 2.53. The van der Waals surface area contributed by atoms with Crippen molar-refractivity contribution >= 4 is 33.0 Å². The number of nitrogens with one attached hydrogen (secondary N) is 1. The molecular weight excluding hydrogens is 258 g/mol. The van der Waals surface area contributed by atoms with E-state index >= 15 is 0 Å². The van der Waals surface area contributed by atoms with Crippen LogP contribution in [-0.4, -0.2) is 28.2 Å². The van der Waals surface area contributed by atoms with Crippen molar-refractivity contribution in [2.24, 2.45) is 0 Å². The van der Waals surface area contributed by atoms with Gasteiger partial charge >= 0.3 is 0 Å². The topological polar surface area (TPSA) is 55.4 Å². The molecule has 0 aliphatic rings. The van der Waals surface area contributed by atoms with Gasteiger partial charge in [-0.2, -0.15) is 0 Å². The van der Waals surface area contributed by atoms with E-state index in [-0.39, 0.29) is 10.8 Å². The second-order valence-corrected chi connectivity index (χ2v) is 6.36. The van der Waals surface area contributed by atoms with Crippen molar-refractivity contribution in [3.8, 4) is 0 Å². The van der Waals surface area contributed by atoms with E-state index in [0.29, 0.717) is 17.6 Å². The minimum Gasteiger partial charge on any atom is -0.380 e. The maximum absolute atomic E-state index is 11.6. The molecule has 86 valence electrons. The number of sulfonamides is 1. The van der Waals surface area contributed by atoms with Crippen LogP contribution in [0.3, 0.4) is 0 Å². The summed E-state index contributed by atoms with van der Waals surface area (Å²) in [5.74, 6) is 0. The van der Waals surface area contributed by atoms with Crippen LogP contribution >= 0.6 is 22.9 Å². The highest BCUT2D eigenvalue weighted by Crippen LogP contribution is 2.24. The first kappa shape index (κ1) is 12.9. The number of halogens is 1. The molecule has 0 aliphatic carbocycles. The van der Waals surface area contributed by atoms with Gasteiger partial charge in [0, 0.05) is 13.2 Å². The zero-order chi connectivity index (χ0) is 11.3. The highest BCUT2D eigenvalue weighted by Gasteiger charge is 2.15. The van der Waals surface area contributed by atoms with E-state index in [1.165, 1.54) is 6.07 Å². The zero-order valence-corrected chi connectivity index (χ0v) is 10.6. The first-order chi connectivity index (χ1) is 7.06. The molecule has 1 heterocycles. The molecule has 0 fully saturated rings. The van der Waals surface area contributed by atoms with Crippen molar-refractivity contribution in [3.05, 3.63) is 16.5 Å². The molecule has 0 atom stereocenters. The number of hydrogen-bond acceptors (Lipinski definition) is 4. The minimum atomic E-state index is -3.42. The van der Waals surface area contributed by atoms with E-state index in [0.717, 1.165) is 11.3 Å². The molecule has 1 rings (SSSR count). The predicted molar refractivity (Wildman–Crippen MR) is 61.0 cm³/mol. The van der Waals surface area contributed by atoms with Gasteiger partial charge in [0.05, 0.1) is 10.9 Å². The van der Waals surface area contributed by atoms with Crippen molar-refractivity contribution in [2.75, 3.05) is 19.8 Å². The normalized spacial score (nSPS) is 11.9. The minimum absolute atomic E-state index is 0.226. The fraction of sp³-hybridized carbons (Fsp3) is 0.500. The van der Waals surface area contributed by atoms with Gasteiger partial charge in [-0.1, -0.05) is 11.6 Å². The van der Waals surface area contributed by atoms with Crippen molar-refractivity contribution < 1.29 is 13.2 Å². The molecule has 15 heavy (non-hydrogen) atoms. The number of thiophene rings is 1. The lowest BCUT2D eigenvalue weighted by Gasteiger charge is -2.04. The van der Waals surface area contributed by atoms with Crippen LogP contribution in [0.4, 0.5) is 0 Å². The van der Waals surface area contributed by atoms with Crippen LogP contribution in [0.15, 0.2) is 16.3 Å². The van der Waals surface area contributed by atoms with Gasteiger partial charge in [0.25, 0.3) is 0 Å². The molecule has 0 amide bonds.